The lowest BCUT2D eigenvalue weighted by Gasteiger charge is -2.17. The van der Waals surface area contributed by atoms with E-state index in [9.17, 15) is 22.8 Å². The first-order valence-corrected chi connectivity index (χ1v) is 9.00. The number of alkyl halides is 3. The summed E-state index contributed by atoms with van der Waals surface area (Å²) in [4.78, 5) is 24.4. The number of nitrogens with zero attached hydrogens (tertiary/aromatic N) is 1. The molecule has 9 heteroatoms. The number of hydrogen-bond donors (Lipinski definition) is 1. The minimum absolute atomic E-state index is 0.00329. The van der Waals surface area contributed by atoms with E-state index in [1.54, 1.807) is 38.3 Å². The molecule has 0 aliphatic rings. The molecule has 1 heterocycles. The Kier molecular flexibility index (Phi) is 6.94. The van der Waals surface area contributed by atoms with Crippen molar-refractivity contribution in [3.05, 3.63) is 52.8 Å². The molecule has 0 radical (unpaired) electrons. The maximum atomic E-state index is 12.4. The Balaban J connectivity index is 2.03. The van der Waals surface area contributed by atoms with E-state index >= 15 is 0 Å². The second-order valence-corrected chi connectivity index (χ2v) is 6.50. The van der Waals surface area contributed by atoms with Crippen LogP contribution in [0, 0.1) is 13.8 Å². The van der Waals surface area contributed by atoms with Crippen molar-refractivity contribution in [3.8, 4) is 5.75 Å². The zero-order valence-corrected chi connectivity index (χ0v) is 16.6. The lowest BCUT2D eigenvalue weighted by molar-refractivity contribution is -0.274. The van der Waals surface area contributed by atoms with Gasteiger partial charge in [-0.25, -0.2) is 4.79 Å². The van der Waals surface area contributed by atoms with Crippen LogP contribution in [0.2, 0.25) is 0 Å². The molecule has 6 nitrogen and oxygen atoms in total. The molecule has 0 saturated heterocycles. The Morgan fingerprint density at radius 3 is 2.34 bits per heavy atom. The number of carbonyl (C=O) groups excluding carboxylic acids is 2. The first kappa shape index (κ1) is 22.3. The number of nitrogens with one attached hydrogen (secondary N) is 1. The van der Waals surface area contributed by atoms with E-state index in [1.165, 1.54) is 24.3 Å². The van der Waals surface area contributed by atoms with Crippen LogP contribution in [-0.4, -0.2) is 29.4 Å². The Morgan fingerprint density at radius 2 is 1.79 bits per heavy atom. The number of halogens is 3. The summed E-state index contributed by atoms with van der Waals surface area (Å²) >= 11 is 0. The van der Waals surface area contributed by atoms with Crippen LogP contribution in [0.5, 0.6) is 5.75 Å². The van der Waals surface area contributed by atoms with Crippen molar-refractivity contribution in [1.82, 2.24) is 9.88 Å². The molecule has 1 unspecified atom stereocenters. The minimum Gasteiger partial charge on any atom is -0.462 e. The van der Waals surface area contributed by atoms with Gasteiger partial charge in [0.05, 0.1) is 18.2 Å². The molecule has 0 aliphatic carbocycles. The summed E-state index contributed by atoms with van der Waals surface area (Å²) in [5.74, 6) is -1.07. The van der Waals surface area contributed by atoms with Crippen molar-refractivity contribution >= 4 is 11.9 Å². The van der Waals surface area contributed by atoms with Gasteiger partial charge in [0.25, 0.3) is 0 Å². The van der Waals surface area contributed by atoms with Crippen molar-refractivity contribution in [1.29, 1.82) is 0 Å². The zero-order chi connectivity index (χ0) is 21.8. The topological polar surface area (TPSA) is 69.6 Å². The highest BCUT2D eigenvalue weighted by Crippen LogP contribution is 2.24. The van der Waals surface area contributed by atoms with Gasteiger partial charge in [0.2, 0.25) is 5.91 Å². The van der Waals surface area contributed by atoms with Crippen molar-refractivity contribution in [2.24, 2.45) is 0 Å². The first-order valence-electron chi connectivity index (χ1n) is 9.00. The molecular weight excluding hydrogens is 389 g/mol. The van der Waals surface area contributed by atoms with Crippen LogP contribution < -0.4 is 10.1 Å². The lowest BCUT2D eigenvalue weighted by Crippen LogP contribution is -2.30. The van der Waals surface area contributed by atoms with Gasteiger partial charge in [-0.1, -0.05) is 12.1 Å². The number of amides is 1. The molecule has 0 fully saturated rings. The number of carbonyl (C=O) groups is 2. The van der Waals surface area contributed by atoms with Crippen molar-refractivity contribution < 1.29 is 32.2 Å². The number of hydrogen-bond acceptors (Lipinski definition) is 4. The number of rotatable bonds is 7. The van der Waals surface area contributed by atoms with Crippen LogP contribution in [0.1, 0.15) is 47.2 Å². The molecule has 29 heavy (non-hydrogen) atoms. The maximum absolute atomic E-state index is 12.4. The third-order valence-electron chi connectivity index (χ3n) is 4.36. The molecule has 0 spiro atoms. The molecule has 2 aromatic rings. The summed E-state index contributed by atoms with van der Waals surface area (Å²) in [5, 5.41) is 2.79. The third-order valence-corrected chi connectivity index (χ3v) is 4.36. The SMILES string of the molecule is CCOC(=O)c1cc(C)n(CC(=O)NC(C)c2ccc(OC(F)(F)F)cc2)c1C. The molecular formula is C20H23F3N2O4. The Hall–Kier alpha value is -2.97. The van der Waals surface area contributed by atoms with Gasteiger partial charge in [0.1, 0.15) is 12.3 Å². The van der Waals surface area contributed by atoms with E-state index in [4.69, 9.17) is 4.74 Å². The van der Waals surface area contributed by atoms with Crippen molar-refractivity contribution in [2.75, 3.05) is 6.61 Å². The smallest absolute Gasteiger partial charge is 0.462 e. The normalized spacial score (nSPS) is 12.4. The maximum Gasteiger partial charge on any atom is 0.573 e. The standard InChI is InChI=1S/C20H23F3N2O4/c1-5-28-19(27)17-10-12(2)25(14(17)4)11-18(26)24-13(3)15-6-8-16(9-7-15)29-20(21,22)23/h6-10,13H,5,11H2,1-4H3,(H,24,26). The van der Waals surface area contributed by atoms with Crippen LogP contribution >= 0.6 is 0 Å². The molecule has 1 aromatic heterocycles. The van der Waals surface area contributed by atoms with Gasteiger partial charge in [-0.15, -0.1) is 13.2 Å². The Labute approximate surface area is 166 Å². The van der Waals surface area contributed by atoms with Crippen LogP contribution in [0.25, 0.3) is 0 Å². The molecule has 0 aliphatic heterocycles. The number of esters is 1. The van der Waals surface area contributed by atoms with Gasteiger partial charge in [-0.05, 0) is 51.5 Å². The number of ether oxygens (including phenoxy) is 2. The van der Waals surface area contributed by atoms with Gasteiger partial charge in [0.15, 0.2) is 0 Å². The average Bonchev–Trinajstić information content (AvgIpc) is 2.89. The van der Waals surface area contributed by atoms with Crippen molar-refractivity contribution in [3.63, 3.8) is 0 Å². The molecule has 0 saturated carbocycles. The number of aryl methyl sites for hydroxylation is 1. The van der Waals surface area contributed by atoms with E-state index in [0.29, 0.717) is 16.8 Å². The highest BCUT2D eigenvalue weighted by molar-refractivity contribution is 5.91. The predicted molar refractivity (Wildman–Crippen MR) is 99.5 cm³/mol. The van der Waals surface area contributed by atoms with Gasteiger partial charge >= 0.3 is 12.3 Å². The average molecular weight is 412 g/mol. The quantitative estimate of drug-likeness (QED) is 0.697. The first-order chi connectivity index (χ1) is 13.5. The summed E-state index contributed by atoms with van der Waals surface area (Å²) in [6.07, 6.45) is -4.75. The fourth-order valence-electron chi connectivity index (χ4n) is 2.93. The molecule has 0 bridgehead atoms. The van der Waals surface area contributed by atoms with E-state index < -0.39 is 18.4 Å². The summed E-state index contributed by atoms with van der Waals surface area (Å²) in [6, 6.07) is 6.54. The van der Waals surface area contributed by atoms with Gasteiger partial charge in [0, 0.05) is 11.4 Å². The summed E-state index contributed by atoms with van der Waals surface area (Å²) in [7, 11) is 0. The Bertz CT molecular complexity index is 873. The Morgan fingerprint density at radius 1 is 1.17 bits per heavy atom. The number of aromatic nitrogens is 1. The van der Waals surface area contributed by atoms with Gasteiger partial charge < -0.3 is 19.4 Å². The van der Waals surface area contributed by atoms with Gasteiger partial charge in [-0.3, -0.25) is 4.79 Å². The highest BCUT2D eigenvalue weighted by atomic mass is 19.4. The predicted octanol–water partition coefficient (Wildman–Crippen LogP) is 4.06. The molecule has 2 rings (SSSR count). The minimum atomic E-state index is -4.75. The molecule has 1 aromatic carbocycles. The monoisotopic (exact) mass is 412 g/mol. The van der Waals surface area contributed by atoms with Crippen LogP contribution in [0.3, 0.4) is 0 Å². The third kappa shape index (κ3) is 6.00. The largest absolute Gasteiger partial charge is 0.573 e. The van der Waals surface area contributed by atoms with E-state index in [0.717, 1.165) is 5.69 Å². The van der Waals surface area contributed by atoms with E-state index in [2.05, 4.69) is 10.1 Å². The molecule has 1 N–H and O–H groups in total. The number of benzene rings is 1. The van der Waals surface area contributed by atoms with E-state index in [-0.39, 0.29) is 24.8 Å². The molecule has 158 valence electrons. The van der Waals surface area contributed by atoms with Crippen LogP contribution in [0.4, 0.5) is 13.2 Å². The van der Waals surface area contributed by atoms with Crippen molar-refractivity contribution in [2.45, 2.75) is 46.6 Å². The lowest BCUT2D eigenvalue weighted by atomic mass is 10.1. The fourth-order valence-corrected chi connectivity index (χ4v) is 2.93. The zero-order valence-electron chi connectivity index (χ0n) is 16.6. The summed E-state index contributed by atoms with van der Waals surface area (Å²) in [5.41, 5.74) is 2.39. The second-order valence-electron chi connectivity index (χ2n) is 6.50. The fraction of sp³-hybridized carbons (Fsp3) is 0.400. The van der Waals surface area contributed by atoms with E-state index in [1.807, 2.05) is 0 Å². The highest BCUT2D eigenvalue weighted by Gasteiger charge is 2.31. The summed E-state index contributed by atoms with van der Waals surface area (Å²) in [6.45, 7) is 7.20. The molecule has 1 amide bonds. The van der Waals surface area contributed by atoms with Crippen LogP contribution in [-0.2, 0) is 16.1 Å². The second kappa shape index (κ2) is 9.02. The van der Waals surface area contributed by atoms with Crippen LogP contribution in [0.15, 0.2) is 30.3 Å². The van der Waals surface area contributed by atoms with Gasteiger partial charge in [-0.2, -0.15) is 0 Å². The summed E-state index contributed by atoms with van der Waals surface area (Å²) < 4.78 is 47.2. The molecule has 1 atom stereocenters.